The Balaban J connectivity index is 2.29. The van der Waals surface area contributed by atoms with E-state index in [1.165, 1.54) is 0 Å². The number of allylic oxidation sites excluding steroid dienone is 3. The molecule has 1 aromatic carbocycles. The smallest absolute Gasteiger partial charge is 0.264 e. The van der Waals surface area contributed by atoms with Crippen molar-refractivity contribution in [1.82, 2.24) is 0 Å². The van der Waals surface area contributed by atoms with Crippen molar-refractivity contribution in [2.75, 3.05) is 17.2 Å². The highest BCUT2D eigenvalue weighted by Gasteiger charge is 2.26. The van der Waals surface area contributed by atoms with Crippen molar-refractivity contribution >= 4 is 27.4 Å². The van der Waals surface area contributed by atoms with Crippen LogP contribution in [0.4, 0.5) is 5.69 Å². The molecule has 0 fully saturated rings. The molecule has 0 bridgehead atoms. The minimum atomic E-state index is -3.98. The van der Waals surface area contributed by atoms with Crippen LogP contribution in [-0.4, -0.2) is 25.3 Å². The average Bonchev–Trinajstić information content (AvgIpc) is 2.81. The van der Waals surface area contributed by atoms with Gasteiger partial charge in [-0.05, 0) is 43.5 Å². The molecule has 1 aliphatic heterocycles. The molecule has 1 aliphatic rings. The van der Waals surface area contributed by atoms with Crippen LogP contribution < -0.4 is 9.64 Å². The number of anilines is 1. The van der Waals surface area contributed by atoms with Gasteiger partial charge in [0.1, 0.15) is 0 Å². The summed E-state index contributed by atoms with van der Waals surface area (Å²) < 4.78 is 36.6. The third kappa shape index (κ3) is 4.73. The van der Waals surface area contributed by atoms with Crippen LogP contribution >= 0.6 is 11.6 Å². The lowest BCUT2D eigenvalue weighted by atomic mass is 10.2. The number of hydrogen-bond donors (Lipinski definition) is 1. The summed E-state index contributed by atoms with van der Waals surface area (Å²) in [5, 5.41) is 0.579. The number of halogens is 1. The Morgan fingerprint density at radius 3 is 2.78 bits per heavy atom. The van der Waals surface area contributed by atoms with Crippen LogP contribution in [0.1, 0.15) is 26.7 Å². The Morgan fingerprint density at radius 1 is 1.43 bits per heavy atom. The zero-order chi connectivity index (χ0) is 17.0. The van der Waals surface area contributed by atoms with Gasteiger partial charge in [-0.25, -0.2) is 0 Å². The summed E-state index contributed by atoms with van der Waals surface area (Å²) in [4.78, 5) is 1.88. The van der Waals surface area contributed by atoms with Crippen molar-refractivity contribution < 1.29 is 17.7 Å². The standard InChI is InChI=1S/C16H20ClNO4S/c1-3-12(4-2)10-16-18(8-5-9-23(19,20)21)14-11-13(17)6-7-15(14)22-16/h3,6-7,10-11H,4-5,8-9H2,1-2H3,(H,19,20,21). The van der Waals surface area contributed by atoms with E-state index in [1.807, 2.05) is 30.9 Å². The lowest BCUT2D eigenvalue weighted by Crippen LogP contribution is -2.23. The van der Waals surface area contributed by atoms with Crippen molar-refractivity contribution in [3.8, 4) is 5.75 Å². The van der Waals surface area contributed by atoms with Gasteiger partial charge in [-0.3, -0.25) is 4.55 Å². The first-order valence-corrected chi connectivity index (χ1v) is 9.39. The Morgan fingerprint density at radius 2 is 2.17 bits per heavy atom. The Labute approximate surface area is 142 Å². The molecule has 23 heavy (non-hydrogen) atoms. The van der Waals surface area contributed by atoms with Crippen LogP contribution in [0, 0.1) is 0 Å². The topological polar surface area (TPSA) is 66.8 Å². The predicted octanol–water partition coefficient (Wildman–Crippen LogP) is 4.01. The van der Waals surface area contributed by atoms with Gasteiger partial charge in [0.2, 0.25) is 5.88 Å². The Hall–Kier alpha value is -1.50. The molecule has 0 aliphatic carbocycles. The SMILES string of the molecule is CC=C(C=C1Oc2ccc(Cl)cc2N1CCCS(=O)(=O)O)CC. The van der Waals surface area contributed by atoms with Gasteiger partial charge in [-0.1, -0.05) is 24.6 Å². The van der Waals surface area contributed by atoms with Gasteiger partial charge in [-0.2, -0.15) is 8.42 Å². The lowest BCUT2D eigenvalue weighted by molar-refractivity contribution is 0.436. The van der Waals surface area contributed by atoms with E-state index in [4.69, 9.17) is 20.9 Å². The maximum absolute atomic E-state index is 10.9. The molecule has 0 radical (unpaired) electrons. The van der Waals surface area contributed by atoms with Crippen molar-refractivity contribution in [1.29, 1.82) is 0 Å². The van der Waals surface area contributed by atoms with Crippen molar-refractivity contribution in [2.24, 2.45) is 0 Å². The van der Waals surface area contributed by atoms with Gasteiger partial charge < -0.3 is 9.64 Å². The minimum absolute atomic E-state index is 0.281. The van der Waals surface area contributed by atoms with E-state index in [1.54, 1.807) is 18.2 Å². The molecule has 0 spiro atoms. The number of hydrogen-bond acceptors (Lipinski definition) is 4. The molecule has 0 saturated heterocycles. The fourth-order valence-electron chi connectivity index (χ4n) is 2.37. The van der Waals surface area contributed by atoms with Crippen LogP contribution in [0.5, 0.6) is 5.75 Å². The molecule has 0 saturated carbocycles. The lowest BCUT2D eigenvalue weighted by Gasteiger charge is -2.18. The molecule has 5 nitrogen and oxygen atoms in total. The molecule has 0 unspecified atom stereocenters. The van der Waals surface area contributed by atoms with Gasteiger partial charge in [0, 0.05) is 17.6 Å². The van der Waals surface area contributed by atoms with Gasteiger partial charge in [-0.15, -0.1) is 0 Å². The number of ether oxygens (including phenoxy) is 1. The number of nitrogens with zero attached hydrogens (tertiary/aromatic N) is 1. The zero-order valence-corrected chi connectivity index (χ0v) is 14.7. The van der Waals surface area contributed by atoms with Gasteiger partial charge >= 0.3 is 0 Å². The molecule has 0 amide bonds. The van der Waals surface area contributed by atoms with Crippen LogP contribution in [-0.2, 0) is 10.1 Å². The van der Waals surface area contributed by atoms with Crippen molar-refractivity contribution in [3.63, 3.8) is 0 Å². The van der Waals surface area contributed by atoms with Gasteiger partial charge in [0.05, 0.1) is 11.4 Å². The Bertz CT molecular complexity index is 740. The molecule has 1 N–H and O–H groups in total. The van der Waals surface area contributed by atoms with Crippen LogP contribution in [0.2, 0.25) is 5.02 Å². The third-order valence-electron chi connectivity index (χ3n) is 3.56. The van der Waals surface area contributed by atoms with E-state index in [0.717, 1.165) is 17.7 Å². The van der Waals surface area contributed by atoms with E-state index >= 15 is 0 Å². The van der Waals surface area contributed by atoms with E-state index in [-0.39, 0.29) is 12.2 Å². The summed E-state index contributed by atoms with van der Waals surface area (Å²) in [5.41, 5.74) is 1.91. The monoisotopic (exact) mass is 357 g/mol. The number of fused-ring (bicyclic) bond motifs is 1. The maximum atomic E-state index is 10.9. The molecule has 1 heterocycles. The normalized spacial score (nSPS) is 16.6. The van der Waals surface area contributed by atoms with Crippen LogP contribution in [0.15, 0.2) is 41.8 Å². The summed E-state index contributed by atoms with van der Waals surface area (Å²) in [5.74, 6) is 1.02. The van der Waals surface area contributed by atoms with E-state index in [0.29, 0.717) is 23.2 Å². The summed E-state index contributed by atoms with van der Waals surface area (Å²) in [6.07, 6.45) is 5.08. The van der Waals surface area contributed by atoms with Crippen LogP contribution in [0.25, 0.3) is 0 Å². The molecule has 126 valence electrons. The molecule has 1 aromatic rings. The molecular formula is C16H20ClNO4S. The van der Waals surface area contributed by atoms with Gasteiger partial charge in [0.25, 0.3) is 10.1 Å². The van der Waals surface area contributed by atoms with E-state index in [2.05, 4.69) is 0 Å². The first-order valence-electron chi connectivity index (χ1n) is 7.41. The van der Waals surface area contributed by atoms with Crippen LogP contribution in [0.3, 0.4) is 0 Å². The summed E-state index contributed by atoms with van der Waals surface area (Å²) >= 11 is 6.05. The largest absolute Gasteiger partial charge is 0.439 e. The molecular weight excluding hydrogens is 338 g/mol. The molecule has 2 rings (SSSR count). The van der Waals surface area contributed by atoms with Crippen molar-refractivity contribution in [2.45, 2.75) is 26.7 Å². The minimum Gasteiger partial charge on any atom is -0.439 e. The molecule has 0 aromatic heterocycles. The molecule has 0 atom stereocenters. The second-order valence-corrected chi connectivity index (χ2v) is 7.21. The predicted molar refractivity (Wildman–Crippen MR) is 92.6 cm³/mol. The second-order valence-electron chi connectivity index (χ2n) is 5.21. The number of rotatable bonds is 6. The zero-order valence-electron chi connectivity index (χ0n) is 13.1. The first-order chi connectivity index (χ1) is 10.8. The Kier molecular flexibility index (Phi) is 5.73. The van der Waals surface area contributed by atoms with E-state index in [9.17, 15) is 8.42 Å². The quantitative estimate of drug-likeness (QED) is 0.779. The highest BCUT2D eigenvalue weighted by Crippen LogP contribution is 2.41. The fraction of sp³-hybridized carbons (Fsp3) is 0.375. The number of benzene rings is 1. The first kappa shape index (κ1) is 17.8. The fourth-order valence-corrected chi connectivity index (χ4v) is 3.03. The summed E-state index contributed by atoms with van der Waals surface area (Å²) in [6, 6.07) is 5.32. The molecule has 7 heteroatoms. The van der Waals surface area contributed by atoms with E-state index < -0.39 is 10.1 Å². The van der Waals surface area contributed by atoms with Crippen molar-refractivity contribution in [3.05, 3.63) is 46.8 Å². The highest BCUT2D eigenvalue weighted by atomic mass is 35.5. The third-order valence-corrected chi connectivity index (χ3v) is 4.60. The average molecular weight is 358 g/mol. The highest BCUT2D eigenvalue weighted by molar-refractivity contribution is 7.85. The second kappa shape index (κ2) is 7.38. The summed E-state index contributed by atoms with van der Waals surface area (Å²) in [6.45, 7) is 4.41. The van der Waals surface area contributed by atoms with Gasteiger partial charge in [0.15, 0.2) is 5.75 Å². The summed E-state index contributed by atoms with van der Waals surface area (Å²) in [7, 11) is -3.98. The maximum Gasteiger partial charge on any atom is 0.264 e.